The van der Waals surface area contributed by atoms with Crippen molar-refractivity contribution in [3.63, 3.8) is 0 Å². The SMILES string of the molecule is C/C(CC(=O)Nc1ccc(Cl)cc1)=N/NC(=O)[C@H]1CCCO1. The number of amides is 2. The molecule has 6 nitrogen and oxygen atoms in total. The van der Waals surface area contributed by atoms with Gasteiger partial charge in [-0.25, -0.2) is 5.43 Å². The molecule has 22 heavy (non-hydrogen) atoms. The molecule has 0 aromatic heterocycles. The zero-order valence-corrected chi connectivity index (χ0v) is 13.0. The first-order valence-corrected chi connectivity index (χ1v) is 7.42. The van der Waals surface area contributed by atoms with Crippen LogP contribution in [0.5, 0.6) is 0 Å². The Labute approximate surface area is 133 Å². The molecule has 1 aromatic rings. The molecule has 1 heterocycles. The maximum absolute atomic E-state index is 11.8. The number of anilines is 1. The molecule has 0 aliphatic carbocycles. The van der Waals surface area contributed by atoms with E-state index in [1.165, 1.54) is 0 Å². The summed E-state index contributed by atoms with van der Waals surface area (Å²) < 4.78 is 5.25. The first-order valence-electron chi connectivity index (χ1n) is 7.04. The first kappa shape index (κ1) is 16.5. The summed E-state index contributed by atoms with van der Waals surface area (Å²) in [7, 11) is 0. The fourth-order valence-electron chi connectivity index (χ4n) is 2.02. The van der Waals surface area contributed by atoms with Gasteiger partial charge in [-0.2, -0.15) is 5.10 Å². The third-order valence-electron chi connectivity index (χ3n) is 3.12. The highest BCUT2D eigenvalue weighted by Gasteiger charge is 2.23. The number of carbonyl (C=O) groups excluding carboxylic acids is 2. The Morgan fingerprint density at radius 2 is 2.09 bits per heavy atom. The van der Waals surface area contributed by atoms with Gasteiger partial charge in [0, 0.05) is 23.0 Å². The van der Waals surface area contributed by atoms with E-state index in [0.717, 1.165) is 6.42 Å². The molecular weight excluding hydrogens is 306 g/mol. The van der Waals surface area contributed by atoms with Gasteiger partial charge in [-0.3, -0.25) is 9.59 Å². The highest BCUT2D eigenvalue weighted by Crippen LogP contribution is 2.14. The van der Waals surface area contributed by atoms with Crippen molar-refractivity contribution in [2.75, 3.05) is 11.9 Å². The maximum atomic E-state index is 11.8. The summed E-state index contributed by atoms with van der Waals surface area (Å²) in [6, 6.07) is 6.82. The minimum Gasteiger partial charge on any atom is -0.368 e. The molecule has 2 rings (SSSR count). The number of hydrogen-bond acceptors (Lipinski definition) is 4. The minimum atomic E-state index is -0.431. The van der Waals surface area contributed by atoms with E-state index in [9.17, 15) is 9.59 Å². The predicted octanol–water partition coefficient (Wildman–Crippen LogP) is 2.34. The van der Waals surface area contributed by atoms with Crippen molar-refractivity contribution >= 4 is 34.8 Å². The second-order valence-electron chi connectivity index (χ2n) is 5.06. The van der Waals surface area contributed by atoms with Crippen LogP contribution >= 0.6 is 11.6 Å². The van der Waals surface area contributed by atoms with Crippen LogP contribution in [0.3, 0.4) is 0 Å². The number of nitrogens with zero attached hydrogens (tertiary/aromatic N) is 1. The highest BCUT2D eigenvalue weighted by molar-refractivity contribution is 6.30. The zero-order valence-electron chi connectivity index (χ0n) is 12.3. The van der Waals surface area contributed by atoms with Crippen molar-refractivity contribution in [1.29, 1.82) is 0 Å². The molecule has 7 heteroatoms. The van der Waals surface area contributed by atoms with E-state index in [4.69, 9.17) is 16.3 Å². The number of rotatable bonds is 5. The molecule has 0 radical (unpaired) electrons. The average Bonchev–Trinajstić information content (AvgIpc) is 3.01. The molecule has 118 valence electrons. The molecule has 2 N–H and O–H groups in total. The number of hydrazone groups is 1. The standard InChI is InChI=1S/C15H18ClN3O3/c1-10(18-19-15(21)13-3-2-8-22-13)9-14(20)17-12-6-4-11(16)5-7-12/h4-7,13H,2-3,8-9H2,1H3,(H,17,20)(H,19,21)/b18-10-/t13-/m1/s1. The Morgan fingerprint density at radius 3 is 2.73 bits per heavy atom. The summed E-state index contributed by atoms with van der Waals surface area (Å²) in [4.78, 5) is 23.5. The summed E-state index contributed by atoms with van der Waals surface area (Å²) in [5.41, 5.74) is 3.60. The smallest absolute Gasteiger partial charge is 0.269 e. The van der Waals surface area contributed by atoms with Crippen LogP contribution in [0.4, 0.5) is 5.69 Å². The van der Waals surface area contributed by atoms with E-state index < -0.39 is 6.10 Å². The van der Waals surface area contributed by atoms with Crippen LogP contribution in [-0.4, -0.2) is 30.2 Å². The normalized spacial score (nSPS) is 18.1. The number of nitrogens with one attached hydrogen (secondary N) is 2. The third kappa shape index (κ3) is 5.13. The van der Waals surface area contributed by atoms with Crippen LogP contribution in [0.2, 0.25) is 5.02 Å². The Kier molecular flexibility index (Phi) is 5.91. The van der Waals surface area contributed by atoms with E-state index in [-0.39, 0.29) is 18.2 Å². The van der Waals surface area contributed by atoms with Crippen molar-refractivity contribution in [1.82, 2.24) is 5.43 Å². The lowest BCUT2D eigenvalue weighted by Crippen LogP contribution is -2.31. The van der Waals surface area contributed by atoms with Crippen LogP contribution in [0.15, 0.2) is 29.4 Å². The Hall–Kier alpha value is -1.92. The molecule has 1 aliphatic rings. The minimum absolute atomic E-state index is 0.0917. The lowest BCUT2D eigenvalue weighted by Gasteiger charge is -2.08. The number of halogens is 1. The zero-order chi connectivity index (χ0) is 15.9. The van der Waals surface area contributed by atoms with Gasteiger partial charge in [0.25, 0.3) is 5.91 Å². The number of carbonyl (C=O) groups is 2. The van der Waals surface area contributed by atoms with Gasteiger partial charge >= 0.3 is 0 Å². The Bertz CT molecular complexity index is 566. The molecule has 1 aliphatic heterocycles. The molecule has 0 unspecified atom stereocenters. The molecule has 0 saturated carbocycles. The van der Waals surface area contributed by atoms with Gasteiger partial charge in [-0.05, 0) is 44.0 Å². The van der Waals surface area contributed by atoms with Crippen LogP contribution in [0, 0.1) is 0 Å². The van der Waals surface area contributed by atoms with Crippen LogP contribution < -0.4 is 10.7 Å². The van der Waals surface area contributed by atoms with Gasteiger partial charge in [0.05, 0.1) is 6.42 Å². The first-order chi connectivity index (χ1) is 10.5. The van der Waals surface area contributed by atoms with Crippen molar-refractivity contribution < 1.29 is 14.3 Å². The van der Waals surface area contributed by atoms with Crippen molar-refractivity contribution in [2.45, 2.75) is 32.3 Å². The number of benzene rings is 1. The van der Waals surface area contributed by atoms with Crippen molar-refractivity contribution in [3.8, 4) is 0 Å². The van der Waals surface area contributed by atoms with Crippen LogP contribution in [0.1, 0.15) is 26.2 Å². The van der Waals surface area contributed by atoms with Gasteiger partial charge < -0.3 is 10.1 Å². The van der Waals surface area contributed by atoms with Gasteiger partial charge in [-0.15, -0.1) is 0 Å². The lowest BCUT2D eigenvalue weighted by atomic mass is 10.2. The molecule has 0 spiro atoms. The van der Waals surface area contributed by atoms with E-state index >= 15 is 0 Å². The lowest BCUT2D eigenvalue weighted by molar-refractivity contribution is -0.130. The number of hydrogen-bond donors (Lipinski definition) is 2. The quantitative estimate of drug-likeness (QED) is 0.644. The summed E-state index contributed by atoms with van der Waals surface area (Å²) >= 11 is 5.78. The summed E-state index contributed by atoms with van der Waals surface area (Å²) in [6.07, 6.45) is 1.25. The second kappa shape index (κ2) is 7.91. The van der Waals surface area contributed by atoms with Crippen LogP contribution in [0.25, 0.3) is 0 Å². The van der Waals surface area contributed by atoms with E-state index in [1.807, 2.05) is 0 Å². The fourth-order valence-corrected chi connectivity index (χ4v) is 2.14. The molecule has 1 saturated heterocycles. The molecule has 2 amide bonds. The third-order valence-corrected chi connectivity index (χ3v) is 3.38. The van der Waals surface area contributed by atoms with Crippen molar-refractivity contribution in [2.24, 2.45) is 5.10 Å². The number of ether oxygens (including phenoxy) is 1. The monoisotopic (exact) mass is 323 g/mol. The van der Waals surface area contributed by atoms with Gasteiger partial charge in [0.2, 0.25) is 5.91 Å². The van der Waals surface area contributed by atoms with Gasteiger partial charge in [0.15, 0.2) is 0 Å². The van der Waals surface area contributed by atoms with E-state index in [1.54, 1.807) is 31.2 Å². The van der Waals surface area contributed by atoms with E-state index in [2.05, 4.69) is 15.8 Å². The molecule has 1 fully saturated rings. The van der Waals surface area contributed by atoms with Crippen LogP contribution in [-0.2, 0) is 14.3 Å². The molecular formula is C15H18ClN3O3. The van der Waals surface area contributed by atoms with Crippen molar-refractivity contribution in [3.05, 3.63) is 29.3 Å². The molecule has 1 atom stereocenters. The van der Waals surface area contributed by atoms with Gasteiger partial charge in [-0.1, -0.05) is 11.6 Å². The average molecular weight is 324 g/mol. The Morgan fingerprint density at radius 1 is 1.36 bits per heavy atom. The largest absolute Gasteiger partial charge is 0.368 e. The summed E-state index contributed by atoms with van der Waals surface area (Å²) in [5, 5.41) is 7.25. The second-order valence-corrected chi connectivity index (χ2v) is 5.49. The van der Waals surface area contributed by atoms with Gasteiger partial charge in [0.1, 0.15) is 6.10 Å². The Balaban J connectivity index is 1.78. The summed E-state index contributed by atoms with van der Waals surface area (Å²) in [6.45, 7) is 2.28. The highest BCUT2D eigenvalue weighted by atomic mass is 35.5. The molecule has 1 aromatic carbocycles. The van der Waals surface area contributed by atoms with E-state index in [0.29, 0.717) is 29.4 Å². The molecule has 0 bridgehead atoms. The predicted molar refractivity (Wildman–Crippen MR) is 84.9 cm³/mol. The topological polar surface area (TPSA) is 79.8 Å². The summed E-state index contributed by atoms with van der Waals surface area (Å²) in [5.74, 6) is -0.482. The fraction of sp³-hybridized carbons (Fsp3) is 0.400. The maximum Gasteiger partial charge on any atom is 0.269 e.